The zero-order valence-corrected chi connectivity index (χ0v) is 13.0. The second kappa shape index (κ2) is 7.18. The molecular weight excluding hydrogens is 262 g/mol. The smallest absolute Gasteiger partial charge is 0.239 e. The number of fused-ring (bicyclic) bond motifs is 1. The summed E-state index contributed by atoms with van der Waals surface area (Å²) < 4.78 is 0. The van der Waals surface area contributed by atoms with Gasteiger partial charge in [0, 0.05) is 37.4 Å². The van der Waals surface area contributed by atoms with E-state index in [0.717, 1.165) is 24.0 Å². The summed E-state index contributed by atoms with van der Waals surface area (Å²) in [6, 6.07) is 7.98. The van der Waals surface area contributed by atoms with Gasteiger partial charge in [-0.2, -0.15) is 0 Å². The fourth-order valence-corrected chi connectivity index (χ4v) is 2.48. The van der Waals surface area contributed by atoms with Crippen LogP contribution in [0.4, 0.5) is 0 Å². The van der Waals surface area contributed by atoms with Crippen molar-refractivity contribution in [1.82, 2.24) is 15.2 Å². The number of nitrogens with one attached hydrogen (secondary N) is 1. The molecule has 0 spiro atoms. The van der Waals surface area contributed by atoms with Crippen molar-refractivity contribution < 1.29 is 4.79 Å². The lowest BCUT2D eigenvalue weighted by Crippen LogP contribution is -2.44. The molecule has 1 heterocycles. The van der Waals surface area contributed by atoms with Gasteiger partial charge >= 0.3 is 0 Å². The average molecular weight is 285 g/mol. The van der Waals surface area contributed by atoms with Gasteiger partial charge in [-0.1, -0.05) is 24.3 Å². The van der Waals surface area contributed by atoms with E-state index in [4.69, 9.17) is 0 Å². The number of pyridine rings is 1. The summed E-state index contributed by atoms with van der Waals surface area (Å²) in [7, 11) is 0. The summed E-state index contributed by atoms with van der Waals surface area (Å²) >= 11 is 0. The summed E-state index contributed by atoms with van der Waals surface area (Å²) in [5.41, 5.74) is 1.12. The normalized spacial score (nSPS) is 12.3. The standard InChI is InChI=1S/C17H23N3O/c1-4-20(5-2)17(21)13(3)19-12-15-11-18-10-14-8-6-7-9-16(14)15/h6-11,13,19H,4-5,12H2,1-3H3. The summed E-state index contributed by atoms with van der Waals surface area (Å²) in [4.78, 5) is 18.4. The second-order valence-electron chi connectivity index (χ2n) is 5.13. The van der Waals surface area contributed by atoms with Gasteiger partial charge in [0.15, 0.2) is 0 Å². The summed E-state index contributed by atoms with van der Waals surface area (Å²) in [5.74, 6) is 0.146. The predicted molar refractivity (Wildman–Crippen MR) is 86.0 cm³/mol. The van der Waals surface area contributed by atoms with E-state index in [-0.39, 0.29) is 11.9 Å². The molecular formula is C17H23N3O. The Balaban J connectivity index is 2.06. The van der Waals surface area contributed by atoms with E-state index in [1.807, 2.05) is 50.2 Å². The first-order valence-electron chi connectivity index (χ1n) is 7.51. The molecule has 0 aliphatic heterocycles. The van der Waals surface area contributed by atoms with Gasteiger partial charge in [0.2, 0.25) is 5.91 Å². The first-order chi connectivity index (χ1) is 10.2. The molecule has 1 N–H and O–H groups in total. The van der Waals surface area contributed by atoms with Gasteiger partial charge in [-0.3, -0.25) is 9.78 Å². The number of carbonyl (C=O) groups excluding carboxylic acids is 1. The van der Waals surface area contributed by atoms with E-state index in [2.05, 4.69) is 22.4 Å². The predicted octanol–water partition coefficient (Wildman–Crippen LogP) is 2.58. The van der Waals surface area contributed by atoms with Gasteiger partial charge in [0.1, 0.15) is 0 Å². The van der Waals surface area contributed by atoms with Crippen LogP contribution in [0.2, 0.25) is 0 Å². The van der Waals surface area contributed by atoms with Gasteiger partial charge in [0.25, 0.3) is 0 Å². The van der Waals surface area contributed by atoms with E-state index in [0.29, 0.717) is 6.54 Å². The number of amides is 1. The number of rotatable bonds is 6. The molecule has 0 aliphatic carbocycles. The van der Waals surface area contributed by atoms with Crippen molar-refractivity contribution >= 4 is 16.7 Å². The maximum absolute atomic E-state index is 12.2. The second-order valence-corrected chi connectivity index (χ2v) is 5.13. The third-order valence-electron chi connectivity index (χ3n) is 3.79. The van der Waals surface area contributed by atoms with Crippen LogP contribution >= 0.6 is 0 Å². The number of benzene rings is 1. The van der Waals surface area contributed by atoms with Gasteiger partial charge in [-0.05, 0) is 31.7 Å². The topological polar surface area (TPSA) is 45.2 Å². The summed E-state index contributed by atoms with van der Waals surface area (Å²) in [5, 5.41) is 5.62. The number of hydrogen-bond donors (Lipinski definition) is 1. The zero-order valence-electron chi connectivity index (χ0n) is 13.0. The van der Waals surface area contributed by atoms with Crippen LogP contribution in [0, 0.1) is 0 Å². The fraction of sp³-hybridized carbons (Fsp3) is 0.412. The van der Waals surface area contributed by atoms with E-state index >= 15 is 0 Å². The number of hydrogen-bond acceptors (Lipinski definition) is 3. The molecule has 1 amide bonds. The maximum Gasteiger partial charge on any atom is 0.239 e. The maximum atomic E-state index is 12.2. The Morgan fingerprint density at radius 2 is 1.95 bits per heavy atom. The van der Waals surface area contributed by atoms with Crippen molar-refractivity contribution in [3.8, 4) is 0 Å². The molecule has 2 rings (SSSR count). The van der Waals surface area contributed by atoms with Crippen LogP contribution in [0.1, 0.15) is 26.3 Å². The van der Waals surface area contributed by atoms with E-state index in [1.54, 1.807) is 0 Å². The Kier molecular flexibility index (Phi) is 5.28. The van der Waals surface area contributed by atoms with E-state index in [9.17, 15) is 4.79 Å². The summed E-state index contributed by atoms with van der Waals surface area (Å²) in [6.45, 7) is 8.06. The largest absolute Gasteiger partial charge is 0.342 e. The quantitative estimate of drug-likeness (QED) is 0.887. The molecule has 1 aromatic carbocycles. The van der Waals surface area contributed by atoms with Gasteiger partial charge in [-0.25, -0.2) is 0 Å². The minimum atomic E-state index is -0.191. The number of nitrogens with zero attached hydrogens (tertiary/aromatic N) is 2. The highest BCUT2D eigenvalue weighted by atomic mass is 16.2. The zero-order chi connectivity index (χ0) is 15.2. The van der Waals surface area contributed by atoms with E-state index in [1.165, 1.54) is 5.39 Å². The molecule has 0 aliphatic rings. The van der Waals surface area contributed by atoms with Crippen molar-refractivity contribution in [2.75, 3.05) is 13.1 Å². The number of carbonyl (C=O) groups is 1. The Labute approximate surface area is 126 Å². The average Bonchev–Trinajstić information content (AvgIpc) is 2.53. The highest BCUT2D eigenvalue weighted by molar-refractivity contribution is 5.85. The molecule has 2 aromatic rings. The minimum absolute atomic E-state index is 0.146. The first-order valence-corrected chi connectivity index (χ1v) is 7.51. The van der Waals surface area contributed by atoms with Crippen molar-refractivity contribution in [1.29, 1.82) is 0 Å². The number of likely N-dealkylation sites (N-methyl/N-ethyl adjacent to an activating group) is 1. The Morgan fingerprint density at radius 3 is 2.67 bits per heavy atom. The third kappa shape index (κ3) is 3.58. The molecule has 112 valence electrons. The lowest BCUT2D eigenvalue weighted by atomic mass is 10.1. The first kappa shape index (κ1) is 15.4. The van der Waals surface area contributed by atoms with Crippen LogP contribution in [0.25, 0.3) is 10.8 Å². The van der Waals surface area contributed by atoms with Crippen molar-refractivity contribution in [3.63, 3.8) is 0 Å². The van der Waals surface area contributed by atoms with Crippen LogP contribution in [-0.2, 0) is 11.3 Å². The molecule has 0 bridgehead atoms. The Hall–Kier alpha value is -1.94. The van der Waals surface area contributed by atoms with Crippen LogP contribution in [0.3, 0.4) is 0 Å². The SMILES string of the molecule is CCN(CC)C(=O)C(C)NCc1cncc2ccccc12. The molecule has 1 unspecified atom stereocenters. The Bertz CT molecular complexity index is 603. The van der Waals surface area contributed by atoms with Crippen LogP contribution in [0.15, 0.2) is 36.7 Å². The molecule has 1 atom stereocenters. The molecule has 1 aromatic heterocycles. The van der Waals surface area contributed by atoms with Crippen LogP contribution in [-0.4, -0.2) is 34.9 Å². The molecule has 4 nitrogen and oxygen atoms in total. The molecule has 0 saturated heterocycles. The van der Waals surface area contributed by atoms with Crippen molar-refractivity contribution in [3.05, 3.63) is 42.2 Å². The van der Waals surface area contributed by atoms with E-state index < -0.39 is 0 Å². The molecule has 4 heteroatoms. The number of aromatic nitrogens is 1. The van der Waals surface area contributed by atoms with Crippen molar-refractivity contribution in [2.45, 2.75) is 33.4 Å². The lowest BCUT2D eigenvalue weighted by molar-refractivity contribution is -0.132. The fourth-order valence-electron chi connectivity index (χ4n) is 2.48. The lowest BCUT2D eigenvalue weighted by Gasteiger charge is -2.23. The molecule has 21 heavy (non-hydrogen) atoms. The molecule has 0 radical (unpaired) electrons. The molecule has 0 saturated carbocycles. The third-order valence-corrected chi connectivity index (χ3v) is 3.79. The monoisotopic (exact) mass is 285 g/mol. The van der Waals surface area contributed by atoms with Crippen LogP contribution in [0.5, 0.6) is 0 Å². The van der Waals surface area contributed by atoms with Gasteiger partial charge in [-0.15, -0.1) is 0 Å². The summed E-state index contributed by atoms with van der Waals surface area (Å²) in [6.07, 6.45) is 3.73. The van der Waals surface area contributed by atoms with Gasteiger partial charge in [0.05, 0.1) is 6.04 Å². The highest BCUT2D eigenvalue weighted by Gasteiger charge is 2.17. The minimum Gasteiger partial charge on any atom is -0.342 e. The molecule has 0 fully saturated rings. The van der Waals surface area contributed by atoms with Crippen molar-refractivity contribution in [2.24, 2.45) is 0 Å². The van der Waals surface area contributed by atoms with Gasteiger partial charge < -0.3 is 10.2 Å². The highest BCUT2D eigenvalue weighted by Crippen LogP contribution is 2.16. The Morgan fingerprint density at radius 1 is 1.24 bits per heavy atom. The van der Waals surface area contributed by atoms with Crippen LogP contribution < -0.4 is 5.32 Å².